The van der Waals surface area contributed by atoms with Gasteiger partial charge in [-0.1, -0.05) is 11.6 Å². The number of aromatic hydroxyl groups is 1. The Morgan fingerprint density at radius 2 is 2.00 bits per heavy atom. The molecule has 0 spiro atoms. The lowest BCUT2D eigenvalue weighted by atomic mass is 10.1. The van der Waals surface area contributed by atoms with Gasteiger partial charge in [0.25, 0.3) is 0 Å². The highest BCUT2D eigenvalue weighted by atomic mass is 35.5. The molecule has 0 radical (unpaired) electrons. The van der Waals surface area contributed by atoms with E-state index in [9.17, 15) is 18.0 Å². The second-order valence-electron chi connectivity index (χ2n) is 2.84. The van der Waals surface area contributed by atoms with E-state index in [1.54, 1.807) is 0 Å². The number of alkyl halides is 3. The van der Waals surface area contributed by atoms with Crippen molar-refractivity contribution in [2.24, 2.45) is 0 Å². The molecule has 0 fully saturated rings. The van der Waals surface area contributed by atoms with Crippen molar-refractivity contribution in [3.05, 3.63) is 28.3 Å². The molecule has 0 heterocycles. The van der Waals surface area contributed by atoms with Gasteiger partial charge in [0.05, 0.1) is 23.3 Å². The Kier molecular flexibility index (Phi) is 3.32. The molecule has 1 N–H and O–H groups in total. The van der Waals surface area contributed by atoms with Gasteiger partial charge in [-0.05, 0) is 12.1 Å². The van der Waals surface area contributed by atoms with Crippen LogP contribution in [0.4, 0.5) is 13.2 Å². The number of halogens is 4. The SMILES string of the molecule is COC(=O)c1cc(Cl)c(O)c(C(F)(F)F)c1. The maximum atomic E-state index is 12.4. The fraction of sp³-hybridized carbons (Fsp3) is 0.222. The molecular weight excluding hydrogens is 249 g/mol. The molecule has 1 aromatic carbocycles. The Hall–Kier alpha value is -1.43. The van der Waals surface area contributed by atoms with Gasteiger partial charge in [0, 0.05) is 0 Å². The Balaban J connectivity index is 3.39. The Morgan fingerprint density at radius 3 is 2.44 bits per heavy atom. The van der Waals surface area contributed by atoms with E-state index in [1.165, 1.54) is 0 Å². The molecule has 88 valence electrons. The van der Waals surface area contributed by atoms with Crippen molar-refractivity contribution in [2.45, 2.75) is 6.18 Å². The van der Waals surface area contributed by atoms with Crippen LogP contribution in [0.1, 0.15) is 15.9 Å². The van der Waals surface area contributed by atoms with Crippen LogP contribution in [0.5, 0.6) is 5.75 Å². The standard InChI is InChI=1S/C9H6ClF3O3/c1-16-8(15)4-2-5(9(11,12)13)7(14)6(10)3-4/h2-3,14H,1H3. The quantitative estimate of drug-likeness (QED) is 0.784. The first-order valence-electron chi connectivity index (χ1n) is 3.95. The van der Waals surface area contributed by atoms with Crippen LogP contribution in [0.25, 0.3) is 0 Å². The number of phenols is 1. The number of phenolic OH excluding ortho intramolecular Hbond substituents is 1. The van der Waals surface area contributed by atoms with Gasteiger partial charge >= 0.3 is 12.1 Å². The molecule has 0 saturated heterocycles. The minimum Gasteiger partial charge on any atom is -0.506 e. The Morgan fingerprint density at radius 1 is 1.44 bits per heavy atom. The van der Waals surface area contributed by atoms with Crippen molar-refractivity contribution in [2.75, 3.05) is 7.11 Å². The van der Waals surface area contributed by atoms with E-state index in [-0.39, 0.29) is 5.56 Å². The third-order valence-corrected chi connectivity index (χ3v) is 2.08. The van der Waals surface area contributed by atoms with Crippen LogP contribution < -0.4 is 0 Å². The van der Waals surface area contributed by atoms with E-state index in [1.807, 2.05) is 0 Å². The van der Waals surface area contributed by atoms with Crippen molar-refractivity contribution in [3.63, 3.8) is 0 Å². The lowest BCUT2D eigenvalue weighted by Gasteiger charge is -2.11. The van der Waals surface area contributed by atoms with Gasteiger partial charge in [0.15, 0.2) is 0 Å². The lowest BCUT2D eigenvalue weighted by Crippen LogP contribution is -2.09. The van der Waals surface area contributed by atoms with Crippen molar-refractivity contribution in [1.29, 1.82) is 0 Å². The summed E-state index contributed by atoms with van der Waals surface area (Å²) in [7, 11) is 1.02. The van der Waals surface area contributed by atoms with E-state index in [2.05, 4.69) is 4.74 Å². The summed E-state index contributed by atoms with van der Waals surface area (Å²) < 4.78 is 41.5. The molecule has 7 heteroatoms. The summed E-state index contributed by atoms with van der Waals surface area (Å²) in [6, 6.07) is 1.38. The topological polar surface area (TPSA) is 46.5 Å². The van der Waals surface area contributed by atoms with Crippen molar-refractivity contribution in [1.82, 2.24) is 0 Å². The normalized spacial score (nSPS) is 11.3. The van der Waals surface area contributed by atoms with Crippen molar-refractivity contribution in [3.8, 4) is 5.75 Å². The molecule has 1 aromatic rings. The third kappa shape index (κ3) is 2.38. The molecule has 1 rings (SSSR count). The summed E-state index contributed by atoms with van der Waals surface area (Å²) in [5.74, 6) is -2.07. The number of carbonyl (C=O) groups is 1. The molecule has 0 aliphatic heterocycles. The van der Waals surface area contributed by atoms with Gasteiger partial charge in [-0.3, -0.25) is 0 Å². The minimum absolute atomic E-state index is 0.377. The first-order chi connectivity index (χ1) is 7.27. The Bertz CT molecular complexity index is 429. The van der Waals surface area contributed by atoms with Gasteiger partial charge < -0.3 is 9.84 Å². The molecule has 0 saturated carbocycles. The van der Waals surface area contributed by atoms with E-state index >= 15 is 0 Å². The summed E-state index contributed by atoms with van der Waals surface area (Å²) >= 11 is 5.37. The lowest BCUT2D eigenvalue weighted by molar-refractivity contribution is -0.138. The van der Waals surface area contributed by atoms with Crippen LogP contribution in [-0.4, -0.2) is 18.2 Å². The molecular formula is C9H6ClF3O3. The van der Waals surface area contributed by atoms with Gasteiger partial charge in [-0.2, -0.15) is 13.2 Å². The zero-order valence-corrected chi connectivity index (χ0v) is 8.69. The number of ether oxygens (including phenoxy) is 1. The zero-order chi connectivity index (χ0) is 12.5. The largest absolute Gasteiger partial charge is 0.506 e. The van der Waals surface area contributed by atoms with Crippen LogP contribution in [0.3, 0.4) is 0 Å². The summed E-state index contributed by atoms with van der Waals surface area (Å²) in [6.45, 7) is 0. The van der Waals surface area contributed by atoms with Crippen molar-refractivity contribution < 1.29 is 27.8 Å². The fourth-order valence-electron chi connectivity index (χ4n) is 1.05. The summed E-state index contributed by atoms with van der Waals surface area (Å²) in [4.78, 5) is 11.0. The number of hydrogen-bond acceptors (Lipinski definition) is 3. The molecule has 16 heavy (non-hydrogen) atoms. The minimum atomic E-state index is -4.79. The molecule has 0 bridgehead atoms. The smallest absolute Gasteiger partial charge is 0.420 e. The van der Waals surface area contributed by atoms with E-state index < -0.39 is 28.5 Å². The van der Waals surface area contributed by atoms with Crippen LogP contribution in [0.2, 0.25) is 5.02 Å². The van der Waals surface area contributed by atoms with Crippen molar-refractivity contribution >= 4 is 17.6 Å². The zero-order valence-electron chi connectivity index (χ0n) is 7.93. The number of rotatable bonds is 1. The van der Waals surface area contributed by atoms with E-state index in [0.29, 0.717) is 6.07 Å². The highest BCUT2D eigenvalue weighted by Gasteiger charge is 2.35. The van der Waals surface area contributed by atoms with Crippen LogP contribution >= 0.6 is 11.6 Å². The predicted molar refractivity (Wildman–Crippen MR) is 49.5 cm³/mol. The summed E-state index contributed by atoms with van der Waals surface area (Å²) in [5.41, 5.74) is -1.75. The van der Waals surface area contributed by atoms with E-state index in [4.69, 9.17) is 16.7 Å². The van der Waals surface area contributed by atoms with Gasteiger partial charge in [0.2, 0.25) is 0 Å². The summed E-state index contributed by atoms with van der Waals surface area (Å²) in [5, 5.41) is 8.55. The first kappa shape index (κ1) is 12.6. The van der Waals surface area contributed by atoms with Crippen LogP contribution in [-0.2, 0) is 10.9 Å². The molecule has 0 aliphatic rings. The molecule has 0 atom stereocenters. The van der Waals surface area contributed by atoms with Gasteiger partial charge in [-0.15, -0.1) is 0 Å². The summed E-state index contributed by atoms with van der Waals surface area (Å²) in [6.07, 6.45) is -4.79. The third-order valence-electron chi connectivity index (χ3n) is 1.79. The average molecular weight is 255 g/mol. The highest BCUT2D eigenvalue weighted by molar-refractivity contribution is 6.32. The number of carbonyl (C=O) groups excluding carboxylic acids is 1. The van der Waals surface area contributed by atoms with Gasteiger partial charge in [0.1, 0.15) is 5.75 Å². The van der Waals surface area contributed by atoms with Crippen LogP contribution in [0.15, 0.2) is 12.1 Å². The monoisotopic (exact) mass is 254 g/mol. The molecule has 3 nitrogen and oxygen atoms in total. The average Bonchev–Trinajstić information content (AvgIpc) is 2.18. The number of esters is 1. The number of hydrogen-bond donors (Lipinski definition) is 1. The Labute approximate surface area is 93.4 Å². The first-order valence-corrected chi connectivity index (χ1v) is 4.33. The predicted octanol–water partition coefficient (Wildman–Crippen LogP) is 2.85. The maximum absolute atomic E-state index is 12.4. The van der Waals surface area contributed by atoms with Crippen LogP contribution in [0, 0.1) is 0 Å². The molecule has 0 amide bonds. The molecule has 0 aliphatic carbocycles. The second kappa shape index (κ2) is 4.21. The second-order valence-corrected chi connectivity index (χ2v) is 3.25. The van der Waals surface area contributed by atoms with Gasteiger partial charge in [-0.25, -0.2) is 4.79 Å². The molecule has 0 aromatic heterocycles. The fourth-order valence-corrected chi connectivity index (χ4v) is 1.27. The number of benzene rings is 1. The number of methoxy groups -OCH3 is 1. The van der Waals surface area contributed by atoms with E-state index in [0.717, 1.165) is 13.2 Å². The maximum Gasteiger partial charge on any atom is 0.420 e. The highest BCUT2D eigenvalue weighted by Crippen LogP contribution is 2.40. The molecule has 0 unspecified atom stereocenters.